The topological polar surface area (TPSA) is 82.2 Å². The van der Waals surface area contributed by atoms with Crippen molar-refractivity contribution in [1.82, 2.24) is 10.3 Å². The molecule has 0 aliphatic heterocycles. The standard InChI is InChI=1S/C16H14N2O3/c19-8-2-5-12-3-1-4-13(9-12)10-18-16(21)14-6-7-15(20)17-11-14/h1,3-4,6-7,9,11,19H,8,10H2,(H,17,20)(H,18,21). The number of H-pyrrole nitrogens is 1. The molecule has 0 spiro atoms. The normalized spacial score (nSPS) is 9.57. The van der Waals surface area contributed by atoms with Crippen LogP contribution in [0.15, 0.2) is 47.4 Å². The molecule has 1 heterocycles. The van der Waals surface area contributed by atoms with Crippen molar-refractivity contribution in [2.24, 2.45) is 0 Å². The van der Waals surface area contributed by atoms with Crippen molar-refractivity contribution >= 4 is 5.91 Å². The number of hydrogen-bond acceptors (Lipinski definition) is 3. The third-order valence-electron chi connectivity index (χ3n) is 2.74. The number of carbonyl (C=O) groups is 1. The fourth-order valence-electron chi connectivity index (χ4n) is 1.74. The lowest BCUT2D eigenvalue weighted by Gasteiger charge is -2.05. The smallest absolute Gasteiger partial charge is 0.253 e. The second-order valence-electron chi connectivity index (χ2n) is 4.28. The summed E-state index contributed by atoms with van der Waals surface area (Å²) in [6, 6.07) is 10.2. The summed E-state index contributed by atoms with van der Waals surface area (Å²) in [5, 5.41) is 11.4. The summed E-state index contributed by atoms with van der Waals surface area (Å²) in [6.45, 7) is 0.166. The minimum Gasteiger partial charge on any atom is -0.384 e. The number of nitrogens with one attached hydrogen (secondary N) is 2. The van der Waals surface area contributed by atoms with Gasteiger partial charge in [-0.15, -0.1) is 0 Å². The van der Waals surface area contributed by atoms with Crippen LogP contribution in [0.4, 0.5) is 0 Å². The van der Waals surface area contributed by atoms with E-state index in [4.69, 9.17) is 5.11 Å². The minimum absolute atomic E-state index is 0.187. The Bertz CT molecular complexity index is 733. The van der Waals surface area contributed by atoms with E-state index in [1.807, 2.05) is 24.3 Å². The van der Waals surface area contributed by atoms with Gasteiger partial charge >= 0.3 is 0 Å². The molecule has 1 aromatic heterocycles. The maximum atomic E-state index is 11.9. The average Bonchev–Trinajstić information content (AvgIpc) is 2.52. The molecule has 0 radical (unpaired) electrons. The summed E-state index contributed by atoms with van der Waals surface area (Å²) in [6.07, 6.45) is 1.38. The number of aromatic nitrogens is 1. The molecule has 1 aromatic carbocycles. The predicted octanol–water partition coefficient (Wildman–Crippen LogP) is 0.649. The highest BCUT2D eigenvalue weighted by molar-refractivity contribution is 5.93. The molecule has 106 valence electrons. The van der Waals surface area contributed by atoms with Crippen LogP contribution in [0.2, 0.25) is 0 Å². The number of amides is 1. The molecule has 1 amide bonds. The van der Waals surface area contributed by atoms with Crippen molar-refractivity contribution in [2.45, 2.75) is 6.54 Å². The van der Waals surface area contributed by atoms with E-state index >= 15 is 0 Å². The van der Waals surface area contributed by atoms with Crippen molar-refractivity contribution in [2.75, 3.05) is 6.61 Å². The lowest BCUT2D eigenvalue weighted by Crippen LogP contribution is -2.23. The van der Waals surface area contributed by atoms with Crippen molar-refractivity contribution in [3.63, 3.8) is 0 Å². The van der Waals surface area contributed by atoms with E-state index in [2.05, 4.69) is 22.1 Å². The molecule has 0 atom stereocenters. The molecule has 21 heavy (non-hydrogen) atoms. The monoisotopic (exact) mass is 282 g/mol. The zero-order valence-electron chi connectivity index (χ0n) is 11.2. The van der Waals surface area contributed by atoms with Crippen molar-refractivity contribution in [1.29, 1.82) is 0 Å². The van der Waals surface area contributed by atoms with E-state index in [9.17, 15) is 9.59 Å². The van der Waals surface area contributed by atoms with Crippen LogP contribution >= 0.6 is 0 Å². The Morgan fingerprint density at radius 2 is 2.14 bits per heavy atom. The first kappa shape index (κ1) is 14.6. The van der Waals surface area contributed by atoms with E-state index < -0.39 is 0 Å². The minimum atomic E-state index is -0.266. The lowest BCUT2D eigenvalue weighted by atomic mass is 10.1. The Balaban J connectivity index is 2.01. The van der Waals surface area contributed by atoms with Gasteiger partial charge in [-0.3, -0.25) is 9.59 Å². The number of pyridine rings is 1. The second-order valence-corrected chi connectivity index (χ2v) is 4.28. The van der Waals surface area contributed by atoms with Gasteiger partial charge in [0.2, 0.25) is 5.56 Å². The molecule has 0 aliphatic carbocycles. The Morgan fingerprint density at radius 3 is 2.86 bits per heavy atom. The number of carbonyl (C=O) groups excluding carboxylic acids is 1. The quantitative estimate of drug-likeness (QED) is 0.723. The summed E-state index contributed by atoms with van der Waals surface area (Å²) < 4.78 is 0. The summed E-state index contributed by atoms with van der Waals surface area (Å²) in [7, 11) is 0. The number of benzene rings is 1. The predicted molar refractivity (Wildman–Crippen MR) is 78.6 cm³/mol. The van der Waals surface area contributed by atoms with Gasteiger partial charge in [0.15, 0.2) is 0 Å². The van der Waals surface area contributed by atoms with Gasteiger partial charge in [-0.05, 0) is 23.8 Å². The first-order valence-electron chi connectivity index (χ1n) is 6.34. The van der Waals surface area contributed by atoms with Crippen LogP contribution in [0.1, 0.15) is 21.5 Å². The fourth-order valence-corrected chi connectivity index (χ4v) is 1.74. The highest BCUT2D eigenvalue weighted by atomic mass is 16.2. The SMILES string of the molecule is O=C(NCc1cccc(C#CCO)c1)c1ccc(=O)[nH]c1. The van der Waals surface area contributed by atoms with Crippen LogP contribution in [0.5, 0.6) is 0 Å². The van der Waals surface area contributed by atoms with Gasteiger partial charge in [0, 0.05) is 24.4 Å². The van der Waals surface area contributed by atoms with Crippen molar-refractivity contribution in [3.8, 4) is 11.8 Å². The first-order valence-corrected chi connectivity index (χ1v) is 6.34. The van der Waals surface area contributed by atoms with E-state index in [1.54, 1.807) is 0 Å². The Labute approximate surface area is 121 Å². The zero-order chi connectivity index (χ0) is 15.1. The molecule has 0 aliphatic rings. The molecular weight excluding hydrogens is 268 g/mol. The van der Waals surface area contributed by atoms with Crippen LogP contribution in [-0.4, -0.2) is 22.6 Å². The van der Waals surface area contributed by atoms with Crippen molar-refractivity contribution in [3.05, 3.63) is 69.6 Å². The first-order chi connectivity index (χ1) is 10.2. The Hall–Kier alpha value is -2.84. The molecule has 0 fully saturated rings. The van der Waals surface area contributed by atoms with E-state index in [0.29, 0.717) is 12.1 Å². The van der Waals surface area contributed by atoms with Gasteiger partial charge in [0.1, 0.15) is 6.61 Å². The van der Waals surface area contributed by atoms with Crippen LogP contribution in [0.3, 0.4) is 0 Å². The molecule has 5 heteroatoms. The van der Waals surface area contributed by atoms with Gasteiger partial charge in [0.05, 0.1) is 5.56 Å². The number of rotatable bonds is 3. The van der Waals surface area contributed by atoms with Crippen LogP contribution in [0.25, 0.3) is 0 Å². The maximum Gasteiger partial charge on any atom is 0.253 e. The summed E-state index contributed by atoms with van der Waals surface area (Å²) >= 11 is 0. The zero-order valence-corrected chi connectivity index (χ0v) is 11.2. The number of aliphatic hydroxyl groups excluding tert-OH is 1. The molecule has 2 rings (SSSR count). The Morgan fingerprint density at radius 1 is 1.29 bits per heavy atom. The molecule has 0 unspecified atom stereocenters. The van der Waals surface area contributed by atoms with E-state index in [1.165, 1.54) is 18.3 Å². The lowest BCUT2D eigenvalue weighted by molar-refractivity contribution is 0.0950. The van der Waals surface area contributed by atoms with E-state index in [-0.39, 0.29) is 18.1 Å². The van der Waals surface area contributed by atoms with E-state index in [0.717, 1.165) is 11.1 Å². The van der Waals surface area contributed by atoms with Gasteiger partial charge in [-0.2, -0.15) is 0 Å². The summed E-state index contributed by atoms with van der Waals surface area (Å²) in [5.74, 6) is 5.11. The molecule has 5 nitrogen and oxygen atoms in total. The van der Waals surface area contributed by atoms with Gasteiger partial charge < -0.3 is 15.4 Å². The average molecular weight is 282 g/mol. The highest BCUT2D eigenvalue weighted by Gasteiger charge is 2.05. The third kappa shape index (κ3) is 4.34. The van der Waals surface area contributed by atoms with Crippen LogP contribution in [-0.2, 0) is 6.54 Å². The summed E-state index contributed by atoms with van der Waals surface area (Å²) in [5.41, 5.74) is 1.82. The third-order valence-corrected chi connectivity index (χ3v) is 2.74. The number of hydrogen-bond donors (Lipinski definition) is 3. The van der Waals surface area contributed by atoms with Gasteiger partial charge in [0.25, 0.3) is 5.91 Å². The number of aromatic amines is 1. The largest absolute Gasteiger partial charge is 0.384 e. The number of aliphatic hydroxyl groups is 1. The van der Waals surface area contributed by atoms with Crippen LogP contribution in [0, 0.1) is 11.8 Å². The molecule has 0 saturated carbocycles. The fraction of sp³-hybridized carbons (Fsp3) is 0.125. The molecule has 2 aromatic rings. The van der Waals surface area contributed by atoms with Gasteiger partial charge in [-0.25, -0.2) is 0 Å². The molecular formula is C16H14N2O3. The summed E-state index contributed by atoms with van der Waals surface area (Å²) in [4.78, 5) is 25.3. The maximum absolute atomic E-state index is 11.9. The van der Waals surface area contributed by atoms with Gasteiger partial charge in [-0.1, -0.05) is 24.0 Å². The Kier molecular flexibility index (Phi) is 4.91. The second kappa shape index (κ2) is 7.08. The molecule has 0 saturated heterocycles. The highest BCUT2D eigenvalue weighted by Crippen LogP contribution is 2.04. The molecule has 3 N–H and O–H groups in total. The van der Waals surface area contributed by atoms with Crippen molar-refractivity contribution < 1.29 is 9.90 Å². The van der Waals surface area contributed by atoms with Crippen LogP contribution < -0.4 is 10.9 Å². The molecule has 0 bridgehead atoms.